The fourth-order valence-corrected chi connectivity index (χ4v) is 7.86. The molecule has 0 atom stereocenters. The number of alkyl halides is 3. The minimum atomic E-state index is -4.10. The molecule has 362 valence electrons. The van der Waals surface area contributed by atoms with Crippen molar-refractivity contribution in [3.05, 3.63) is 83.2 Å². The molecule has 0 saturated heterocycles. The third kappa shape index (κ3) is 17.9. The standard InChI is InChI=1S/C18H17FN4O2S.C14H20ClNO2.C8H11Cl2NO.C3H8NO5P/c1-4-5-22-13-7-12(11(19)6-14(13)25-9-16(22)24)20-17-23-10-18(2,3)8-15(23)21-26-17;1-4-11-7-6-8-12(5-2)14(11)16(10-18-3)13(17)9-15;1-3-5-11(6-4-2)8(12)7(9)10;5-3(6)1-4-2-10(7,8)9/h1,6-7H,5,8-10H2,2-3H3;6-8H,4-5,9-10H2,1-3H3;3-4,7H,1-2,5-6H2;4H,1-2H2,(H,5,6)(H2,7,8,9). The number of terminal acetylenes is 1. The topological polar surface area (TPSA) is 216 Å². The molecule has 0 saturated carbocycles. The highest BCUT2D eigenvalue weighted by molar-refractivity contribution is 7.51. The van der Waals surface area contributed by atoms with E-state index in [-0.39, 0.29) is 54.6 Å². The summed E-state index contributed by atoms with van der Waals surface area (Å²) in [5.74, 6) is 1.29. The number of aliphatic carboxylic acids is 1. The summed E-state index contributed by atoms with van der Waals surface area (Å²) in [6.07, 6.45) is 10.6. The largest absolute Gasteiger partial charge is 0.481 e. The number of ether oxygens (including phenoxy) is 2. The average Bonchev–Trinajstić information content (AvgIpc) is 3.77. The number of rotatable bonds is 17. The SMILES string of the molecule is C#CCN1C(=O)COc2cc(F)c(N=c3snc4n3CC(C)(C)C4)cc21.C=CCN(CC=C)C(=O)C(Cl)Cl.CCc1cccc(CC)c1N(COC)C(=O)CCl.O=C(O)CNCP(=O)(O)O. The monoisotopic (exact) mass is 1020 g/mol. The number of halogens is 4. The van der Waals surface area contributed by atoms with Gasteiger partial charge in [-0.3, -0.25) is 38.9 Å². The number of anilines is 2. The Bertz CT molecular complexity index is 2300. The van der Waals surface area contributed by atoms with E-state index < -0.39 is 37.0 Å². The quantitative estimate of drug-likeness (QED) is 0.0401. The molecule has 2 aromatic carbocycles. The maximum absolute atomic E-state index is 14.5. The summed E-state index contributed by atoms with van der Waals surface area (Å²) in [5, 5.41) is 10.1. The number of aromatic nitrogens is 2. The van der Waals surface area contributed by atoms with Gasteiger partial charge in [-0.15, -0.1) is 31.2 Å². The van der Waals surface area contributed by atoms with Gasteiger partial charge in [-0.1, -0.05) is 87.2 Å². The van der Waals surface area contributed by atoms with Gasteiger partial charge in [0.05, 0.1) is 30.8 Å². The van der Waals surface area contributed by atoms with E-state index in [1.54, 1.807) is 24.2 Å². The lowest BCUT2D eigenvalue weighted by Crippen LogP contribution is -2.39. The number of benzene rings is 2. The average molecular weight is 1020 g/mol. The Balaban J connectivity index is 0.000000327. The number of carbonyl (C=O) groups excluding carboxylic acids is 3. The summed E-state index contributed by atoms with van der Waals surface area (Å²) in [6, 6.07) is 8.86. The number of hydrogen-bond donors (Lipinski definition) is 4. The lowest BCUT2D eigenvalue weighted by atomic mass is 9.92. The second-order valence-corrected chi connectivity index (χ2v) is 18.7. The smallest absolute Gasteiger partial charge is 0.339 e. The summed E-state index contributed by atoms with van der Waals surface area (Å²) >= 11 is 17.7. The number of methoxy groups -OCH3 is 1. The van der Waals surface area contributed by atoms with Crippen LogP contribution in [0.15, 0.2) is 60.6 Å². The maximum Gasteiger partial charge on any atom is 0.339 e. The summed E-state index contributed by atoms with van der Waals surface area (Å²) < 4.78 is 41.5. The van der Waals surface area contributed by atoms with Crippen LogP contribution in [-0.2, 0) is 54.3 Å². The molecule has 3 amide bonds. The van der Waals surface area contributed by atoms with Crippen LogP contribution < -0.4 is 24.7 Å². The lowest BCUT2D eigenvalue weighted by Gasteiger charge is -2.28. The van der Waals surface area contributed by atoms with E-state index in [2.05, 4.69) is 61.5 Å². The van der Waals surface area contributed by atoms with Crippen LogP contribution >= 0.6 is 53.9 Å². The normalized spacial score (nSPS) is 13.5. The maximum atomic E-state index is 14.5. The Hall–Kier alpha value is -4.61. The third-order valence-electron chi connectivity index (χ3n) is 9.13. The van der Waals surface area contributed by atoms with Crippen LogP contribution in [-0.4, -0.2) is 116 Å². The highest BCUT2D eigenvalue weighted by atomic mass is 35.5. The first kappa shape index (κ1) is 57.5. The highest BCUT2D eigenvalue weighted by Crippen LogP contribution is 2.38. The summed E-state index contributed by atoms with van der Waals surface area (Å²) in [5.41, 5.74) is 3.92. The zero-order valence-corrected chi connectivity index (χ0v) is 41.3. The summed E-state index contributed by atoms with van der Waals surface area (Å²) in [4.78, 5) is 69.9. The van der Waals surface area contributed by atoms with E-state index in [9.17, 15) is 28.1 Å². The van der Waals surface area contributed by atoms with Crippen molar-refractivity contribution in [3.8, 4) is 18.1 Å². The zero-order chi connectivity index (χ0) is 49.8. The molecule has 1 aromatic heterocycles. The Labute approximate surface area is 403 Å². The van der Waals surface area contributed by atoms with Crippen LogP contribution in [0.3, 0.4) is 0 Å². The van der Waals surface area contributed by atoms with Gasteiger partial charge >= 0.3 is 13.6 Å². The van der Waals surface area contributed by atoms with Gasteiger partial charge in [0.2, 0.25) is 10.7 Å². The molecule has 0 bridgehead atoms. The fourth-order valence-electron chi connectivity index (χ4n) is 6.28. The third-order valence-corrected chi connectivity index (χ3v) is 11.1. The Kier molecular flexibility index (Phi) is 24.3. The molecule has 0 unspecified atom stereocenters. The molecular weight excluding hydrogens is 963 g/mol. The number of carboxylic acids is 1. The van der Waals surface area contributed by atoms with Crippen molar-refractivity contribution in [3.63, 3.8) is 0 Å². The predicted octanol–water partition coefficient (Wildman–Crippen LogP) is 6.03. The number of carboxylic acid groups (broad SMARTS) is 1. The Morgan fingerprint density at radius 1 is 1.18 bits per heavy atom. The number of amides is 3. The first-order valence-electron chi connectivity index (χ1n) is 20.1. The fraction of sp³-hybridized carbons (Fsp3) is 0.442. The van der Waals surface area contributed by atoms with Crippen molar-refractivity contribution in [1.29, 1.82) is 0 Å². The molecule has 0 fully saturated rings. The second kappa shape index (κ2) is 27.9. The van der Waals surface area contributed by atoms with Crippen LogP contribution in [0.5, 0.6) is 5.75 Å². The molecule has 66 heavy (non-hydrogen) atoms. The number of para-hydroxylation sites is 1. The molecule has 5 rings (SSSR count). The van der Waals surface area contributed by atoms with Crippen molar-refractivity contribution in [2.45, 2.75) is 58.3 Å². The van der Waals surface area contributed by atoms with Crippen LogP contribution in [0.4, 0.5) is 21.5 Å². The summed E-state index contributed by atoms with van der Waals surface area (Å²) in [7, 11) is -2.52. The first-order valence-corrected chi connectivity index (χ1v) is 24.1. The molecular formula is C43H56Cl3FN7O10PS. The Morgan fingerprint density at radius 2 is 1.80 bits per heavy atom. The van der Waals surface area contributed by atoms with Gasteiger partial charge in [0, 0.05) is 50.8 Å². The molecule has 23 heteroatoms. The van der Waals surface area contributed by atoms with E-state index >= 15 is 0 Å². The van der Waals surface area contributed by atoms with E-state index in [1.807, 2.05) is 22.8 Å². The molecule has 17 nitrogen and oxygen atoms in total. The Morgan fingerprint density at radius 3 is 2.30 bits per heavy atom. The van der Waals surface area contributed by atoms with Gasteiger partial charge in [0.15, 0.2) is 17.3 Å². The molecule has 0 spiro atoms. The van der Waals surface area contributed by atoms with Crippen LogP contribution in [0.1, 0.15) is 44.6 Å². The van der Waals surface area contributed by atoms with Crippen molar-refractivity contribution in [2.24, 2.45) is 10.4 Å². The van der Waals surface area contributed by atoms with E-state index in [1.165, 1.54) is 33.5 Å². The van der Waals surface area contributed by atoms with Crippen molar-refractivity contribution in [2.75, 3.05) is 68.6 Å². The number of nitrogens with zero attached hydrogens (tertiary/aromatic N) is 6. The van der Waals surface area contributed by atoms with Gasteiger partial charge in [-0.05, 0) is 35.4 Å². The summed E-state index contributed by atoms with van der Waals surface area (Å²) in [6.45, 7) is 16.9. The van der Waals surface area contributed by atoms with Crippen molar-refractivity contribution < 1.29 is 52.5 Å². The van der Waals surface area contributed by atoms with Gasteiger partial charge in [0.25, 0.3) is 11.8 Å². The van der Waals surface area contributed by atoms with E-state index in [4.69, 9.17) is 65.6 Å². The number of hydrogen-bond acceptors (Lipinski definition) is 11. The van der Waals surface area contributed by atoms with Gasteiger partial charge < -0.3 is 33.8 Å². The molecule has 3 heterocycles. The van der Waals surface area contributed by atoms with Gasteiger partial charge in [-0.25, -0.2) is 9.38 Å². The number of fused-ring (bicyclic) bond motifs is 2. The van der Waals surface area contributed by atoms with Crippen molar-refractivity contribution in [1.82, 2.24) is 19.2 Å². The number of carbonyl (C=O) groups is 4. The van der Waals surface area contributed by atoms with Crippen molar-refractivity contribution >= 4 is 94.7 Å². The number of nitrogens with one attached hydrogen (secondary N) is 1. The molecule has 4 N–H and O–H groups in total. The lowest BCUT2D eigenvalue weighted by molar-refractivity contribution is -0.136. The van der Waals surface area contributed by atoms with E-state index in [0.717, 1.165) is 48.4 Å². The van der Waals surface area contributed by atoms with Crippen LogP contribution in [0.25, 0.3) is 0 Å². The molecule has 2 aliphatic heterocycles. The van der Waals surface area contributed by atoms with Crippen LogP contribution in [0.2, 0.25) is 0 Å². The molecule has 3 aromatic rings. The van der Waals surface area contributed by atoms with Gasteiger partial charge in [0.1, 0.15) is 29.9 Å². The predicted molar refractivity (Wildman–Crippen MR) is 256 cm³/mol. The van der Waals surface area contributed by atoms with Gasteiger partial charge in [-0.2, -0.15) is 4.37 Å². The zero-order valence-electron chi connectivity index (χ0n) is 37.3. The minimum absolute atomic E-state index is 0.0371. The first-order chi connectivity index (χ1) is 31.1. The number of aryl methyl sites for hydroxylation is 2. The minimum Gasteiger partial charge on any atom is -0.481 e. The second-order valence-electron chi connectivity index (χ2n) is 14.9. The molecule has 2 aliphatic rings. The molecule has 0 radical (unpaired) electrons. The highest BCUT2D eigenvalue weighted by Gasteiger charge is 2.31. The van der Waals surface area contributed by atoms with E-state index in [0.29, 0.717) is 29.3 Å². The van der Waals surface area contributed by atoms with Crippen LogP contribution in [0, 0.1) is 23.6 Å². The molecule has 0 aliphatic carbocycles.